The molecule has 0 saturated heterocycles. The summed E-state index contributed by atoms with van der Waals surface area (Å²) in [6.45, 7) is 3.19. The van der Waals surface area contributed by atoms with Crippen LogP contribution in [-0.4, -0.2) is 50.2 Å². The second-order valence-electron chi connectivity index (χ2n) is 9.11. The van der Waals surface area contributed by atoms with Crippen LogP contribution in [0.5, 0.6) is 0 Å². The third-order valence-electron chi connectivity index (χ3n) is 5.31. The topological polar surface area (TPSA) is 81.3 Å². The maximum atomic E-state index is 11.8. The highest BCUT2D eigenvalue weighted by molar-refractivity contribution is 5.84. The molecule has 0 radical (unpaired) electrons. The quantitative estimate of drug-likeness (QED) is 0.111. The van der Waals surface area contributed by atoms with E-state index in [0.29, 0.717) is 25.9 Å². The molecular weight excluding hydrogens is 390 g/mol. The average Bonchev–Trinajstić information content (AvgIpc) is 2.71. The van der Waals surface area contributed by atoms with Gasteiger partial charge in [-0.05, 0) is 32.1 Å². The van der Waals surface area contributed by atoms with E-state index < -0.39 is 0 Å². The highest BCUT2D eigenvalue weighted by atomic mass is 16.5. The van der Waals surface area contributed by atoms with Gasteiger partial charge in [0.25, 0.3) is 0 Å². The van der Waals surface area contributed by atoms with Gasteiger partial charge in [-0.15, -0.1) is 0 Å². The van der Waals surface area contributed by atoms with E-state index in [9.17, 15) is 14.8 Å². The van der Waals surface area contributed by atoms with Crippen molar-refractivity contribution in [2.24, 2.45) is 0 Å². The molecule has 0 spiro atoms. The fraction of sp³-hybridized carbons (Fsp3) is 0.840. The summed E-state index contributed by atoms with van der Waals surface area (Å²) in [5.74, 6) is -0.265. The molecule has 0 atom stereocenters. The molecule has 0 bridgehead atoms. The standard InChI is InChI=1S/C25H49N3O3/c1-4-5-6-7-8-9-10-11-12-13-14-15-16-17-18-20-24(29)27-23-25(30)26-21-19-22-28(2,3)31/h11-12H,4-10,13-23H2,1-3H3,(H,26,30)(H,27,29)/b12-11-. The number of nitrogens with zero attached hydrogens (tertiary/aromatic N) is 1. The second kappa shape index (κ2) is 20.5. The maximum absolute atomic E-state index is 11.8. The van der Waals surface area contributed by atoms with Gasteiger partial charge in [0.15, 0.2) is 0 Å². The fourth-order valence-electron chi connectivity index (χ4n) is 3.37. The van der Waals surface area contributed by atoms with Crippen LogP contribution in [0.15, 0.2) is 12.2 Å². The SMILES string of the molecule is CCCCCCCC/C=C\CCCCCCCC(=O)NCC(=O)NCCC[N+](C)(C)[O-]. The molecule has 182 valence electrons. The van der Waals surface area contributed by atoms with Crippen molar-refractivity contribution in [1.82, 2.24) is 10.6 Å². The third kappa shape index (κ3) is 24.7. The summed E-state index contributed by atoms with van der Waals surface area (Å²) in [4.78, 5) is 23.5. The zero-order chi connectivity index (χ0) is 23.2. The monoisotopic (exact) mass is 439 g/mol. The molecule has 31 heavy (non-hydrogen) atoms. The number of hydroxylamine groups is 3. The highest BCUT2D eigenvalue weighted by Gasteiger charge is 2.06. The van der Waals surface area contributed by atoms with Crippen LogP contribution in [0.3, 0.4) is 0 Å². The van der Waals surface area contributed by atoms with E-state index >= 15 is 0 Å². The van der Waals surface area contributed by atoms with Gasteiger partial charge in [-0.2, -0.15) is 0 Å². The van der Waals surface area contributed by atoms with Crippen LogP contribution in [0.2, 0.25) is 0 Å². The van der Waals surface area contributed by atoms with Gasteiger partial charge in [-0.1, -0.05) is 70.4 Å². The molecule has 0 aromatic heterocycles. The molecule has 0 rings (SSSR count). The predicted molar refractivity (Wildman–Crippen MR) is 130 cm³/mol. The number of nitrogens with one attached hydrogen (secondary N) is 2. The Bertz CT molecular complexity index is 473. The number of rotatable bonds is 21. The number of carbonyl (C=O) groups excluding carboxylic acids is 2. The molecule has 0 aromatic rings. The number of hydrogen-bond donors (Lipinski definition) is 2. The highest BCUT2D eigenvalue weighted by Crippen LogP contribution is 2.09. The van der Waals surface area contributed by atoms with Crippen LogP contribution < -0.4 is 10.6 Å². The van der Waals surface area contributed by atoms with Gasteiger partial charge < -0.3 is 20.5 Å². The van der Waals surface area contributed by atoms with E-state index in [-0.39, 0.29) is 23.0 Å². The van der Waals surface area contributed by atoms with E-state index in [2.05, 4.69) is 29.7 Å². The van der Waals surface area contributed by atoms with Crippen LogP contribution in [0, 0.1) is 5.21 Å². The first kappa shape index (κ1) is 29.6. The number of hydrogen-bond acceptors (Lipinski definition) is 3. The molecule has 6 nitrogen and oxygen atoms in total. The number of allylic oxidation sites excluding steroid dienone is 2. The smallest absolute Gasteiger partial charge is 0.239 e. The minimum Gasteiger partial charge on any atom is -0.633 e. The zero-order valence-electron chi connectivity index (χ0n) is 20.6. The normalized spacial score (nSPS) is 11.7. The zero-order valence-corrected chi connectivity index (χ0v) is 20.6. The van der Waals surface area contributed by atoms with E-state index in [1.54, 1.807) is 14.1 Å². The molecule has 6 heteroatoms. The third-order valence-corrected chi connectivity index (χ3v) is 5.31. The average molecular weight is 440 g/mol. The molecule has 0 heterocycles. The minimum absolute atomic E-state index is 0.0134. The van der Waals surface area contributed by atoms with Gasteiger partial charge in [-0.25, -0.2) is 0 Å². The lowest BCUT2D eigenvalue weighted by atomic mass is 10.1. The molecular formula is C25H49N3O3. The number of quaternary nitrogens is 1. The number of unbranched alkanes of at least 4 members (excludes halogenated alkanes) is 11. The van der Waals surface area contributed by atoms with Gasteiger partial charge >= 0.3 is 0 Å². The van der Waals surface area contributed by atoms with Crippen molar-refractivity contribution in [1.29, 1.82) is 0 Å². The van der Waals surface area contributed by atoms with Crippen molar-refractivity contribution in [2.75, 3.05) is 33.7 Å². The molecule has 2 amide bonds. The Morgan fingerprint density at radius 3 is 1.87 bits per heavy atom. The van der Waals surface area contributed by atoms with E-state index in [4.69, 9.17) is 0 Å². The van der Waals surface area contributed by atoms with Crippen molar-refractivity contribution < 1.29 is 14.2 Å². The molecule has 0 aliphatic carbocycles. The van der Waals surface area contributed by atoms with Gasteiger partial charge in [0, 0.05) is 19.4 Å². The Hall–Kier alpha value is -1.40. The molecule has 0 saturated carbocycles. The molecule has 2 N–H and O–H groups in total. The Morgan fingerprint density at radius 2 is 1.29 bits per heavy atom. The molecule has 0 aliphatic rings. The first-order valence-electron chi connectivity index (χ1n) is 12.6. The first-order chi connectivity index (χ1) is 14.8. The second-order valence-corrected chi connectivity index (χ2v) is 9.11. The fourth-order valence-corrected chi connectivity index (χ4v) is 3.37. The summed E-state index contributed by atoms with van der Waals surface area (Å²) in [6.07, 6.45) is 21.8. The van der Waals surface area contributed by atoms with Crippen LogP contribution in [0.25, 0.3) is 0 Å². The minimum atomic E-state index is -0.359. The van der Waals surface area contributed by atoms with Gasteiger partial charge in [0.05, 0.1) is 27.2 Å². The van der Waals surface area contributed by atoms with Gasteiger partial charge in [0.1, 0.15) is 0 Å². The summed E-state index contributed by atoms with van der Waals surface area (Å²) in [7, 11) is 3.16. The van der Waals surface area contributed by atoms with Crippen LogP contribution in [0.1, 0.15) is 103 Å². The van der Waals surface area contributed by atoms with Crippen molar-refractivity contribution in [2.45, 2.75) is 103 Å². The summed E-state index contributed by atoms with van der Waals surface area (Å²) in [5, 5.41) is 16.8. The van der Waals surface area contributed by atoms with Crippen LogP contribution in [-0.2, 0) is 9.59 Å². The largest absolute Gasteiger partial charge is 0.633 e. The Labute approximate surface area is 191 Å². The lowest BCUT2D eigenvalue weighted by Gasteiger charge is -2.33. The lowest BCUT2D eigenvalue weighted by Crippen LogP contribution is -2.39. The summed E-state index contributed by atoms with van der Waals surface area (Å²) in [6, 6.07) is 0. The predicted octanol–water partition coefficient (Wildman–Crippen LogP) is 5.22. The van der Waals surface area contributed by atoms with E-state index in [0.717, 1.165) is 25.7 Å². The Morgan fingerprint density at radius 1 is 0.742 bits per heavy atom. The van der Waals surface area contributed by atoms with E-state index in [1.165, 1.54) is 57.8 Å². The number of carbonyl (C=O) groups is 2. The first-order valence-corrected chi connectivity index (χ1v) is 12.6. The van der Waals surface area contributed by atoms with Crippen molar-refractivity contribution in [3.63, 3.8) is 0 Å². The summed E-state index contributed by atoms with van der Waals surface area (Å²) >= 11 is 0. The van der Waals surface area contributed by atoms with Crippen molar-refractivity contribution >= 4 is 11.8 Å². The van der Waals surface area contributed by atoms with Crippen LogP contribution >= 0.6 is 0 Å². The van der Waals surface area contributed by atoms with Gasteiger partial charge in [-0.3, -0.25) is 9.59 Å². The van der Waals surface area contributed by atoms with Crippen molar-refractivity contribution in [3.8, 4) is 0 Å². The van der Waals surface area contributed by atoms with Gasteiger partial charge in [0.2, 0.25) is 11.8 Å². The molecule has 0 aromatic carbocycles. The molecule has 0 unspecified atom stereocenters. The Balaban J connectivity index is 3.39. The lowest BCUT2D eigenvalue weighted by molar-refractivity contribution is -0.840. The van der Waals surface area contributed by atoms with Crippen molar-refractivity contribution in [3.05, 3.63) is 17.4 Å². The Kier molecular flexibility index (Phi) is 19.6. The summed E-state index contributed by atoms with van der Waals surface area (Å²) < 4.78 is -0.359. The maximum Gasteiger partial charge on any atom is 0.239 e. The molecule has 0 aliphatic heterocycles. The van der Waals surface area contributed by atoms with E-state index in [1.807, 2.05) is 0 Å². The van der Waals surface area contributed by atoms with Crippen LogP contribution in [0.4, 0.5) is 0 Å². The summed E-state index contributed by atoms with van der Waals surface area (Å²) in [5.41, 5.74) is 0. The number of amides is 2. The molecule has 0 fully saturated rings.